The maximum Gasteiger partial charge on any atom is 0.308 e. The summed E-state index contributed by atoms with van der Waals surface area (Å²) in [5, 5.41) is 19.6. The van der Waals surface area contributed by atoms with Crippen molar-refractivity contribution in [1.29, 1.82) is 0 Å². The van der Waals surface area contributed by atoms with Gasteiger partial charge in [0.25, 0.3) is 0 Å². The quantitative estimate of drug-likeness (QED) is 0.822. The summed E-state index contributed by atoms with van der Waals surface area (Å²) in [5.74, 6) is -1.16. The van der Waals surface area contributed by atoms with E-state index in [2.05, 4.69) is 4.74 Å². The second kappa shape index (κ2) is 6.13. The Morgan fingerprint density at radius 1 is 1.50 bits per heavy atom. The van der Waals surface area contributed by atoms with Crippen LogP contribution in [0, 0.1) is 12.7 Å². The summed E-state index contributed by atoms with van der Waals surface area (Å²) in [4.78, 5) is 11.0. The zero-order valence-corrected chi connectivity index (χ0v) is 10.7. The average Bonchev–Trinajstić information content (AvgIpc) is 2.35. The summed E-state index contributed by atoms with van der Waals surface area (Å²) in [6, 6.07) is 2.42. The lowest BCUT2D eigenvalue weighted by atomic mass is 10.00. The van der Waals surface area contributed by atoms with Crippen molar-refractivity contribution in [3.05, 3.63) is 34.1 Å². The first-order valence-corrected chi connectivity index (χ1v) is 5.63. The number of aliphatic hydroxyl groups excluding tert-OH is 2. The Morgan fingerprint density at radius 2 is 2.11 bits per heavy atom. The minimum atomic E-state index is -1.38. The number of rotatable bonds is 4. The molecule has 0 heterocycles. The number of hydrogen-bond acceptors (Lipinski definition) is 4. The number of methoxy groups -OCH3 is 1. The Labute approximate surface area is 109 Å². The molecule has 1 aromatic carbocycles. The van der Waals surface area contributed by atoms with Gasteiger partial charge >= 0.3 is 5.97 Å². The molecule has 100 valence electrons. The van der Waals surface area contributed by atoms with Crippen molar-refractivity contribution in [2.24, 2.45) is 0 Å². The van der Waals surface area contributed by atoms with Crippen LogP contribution >= 0.6 is 11.6 Å². The van der Waals surface area contributed by atoms with Crippen LogP contribution in [0.3, 0.4) is 0 Å². The molecule has 2 atom stereocenters. The van der Waals surface area contributed by atoms with Gasteiger partial charge in [0.15, 0.2) is 0 Å². The molecule has 0 aromatic heterocycles. The van der Waals surface area contributed by atoms with Crippen molar-refractivity contribution in [2.45, 2.75) is 25.6 Å². The van der Waals surface area contributed by atoms with Crippen molar-refractivity contribution in [3.63, 3.8) is 0 Å². The first-order chi connectivity index (χ1) is 8.38. The molecule has 2 N–H and O–H groups in total. The highest BCUT2D eigenvalue weighted by Gasteiger charge is 2.24. The Bertz CT molecular complexity index is 450. The van der Waals surface area contributed by atoms with Gasteiger partial charge in [-0.3, -0.25) is 4.79 Å². The van der Waals surface area contributed by atoms with E-state index in [9.17, 15) is 19.4 Å². The van der Waals surface area contributed by atoms with Gasteiger partial charge in [0.05, 0.1) is 24.7 Å². The van der Waals surface area contributed by atoms with E-state index in [4.69, 9.17) is 11.6 Å². The second-order valence-electron chi connectivity index (χ2n) is 3.87. The fraction of sp³-hybridized carbons (Fsp3) is 0.417. The number of carbonyl (C=O) groups is 1. The second-order valence-corrected chi connectivity index (χ2v) is 4.25. The smallest absolute Gasteiger partial charge is 0.308 e. The summed E-state index contributed by atoms with van der Waals surface area (Å²) in [6.07, 6.45) is -3.11. The molecule has 0 saturated carbocycles. The molecule has 2 unspecified atom stereocenters. The third-order valence-corrected chi connectivity index (χ3v) is 3.14. The van der Waals surface area contributed by atoms with Gasteiger partial charge in [0, 0.05) is 11.1 Å². The van der Waals surface area contributed by atoms with Gasteiger partial charge in [0.2, 0.25) is 0 Å². The zero-order valence-electron chi connectivity index (χ0n) is 9.98. The molecule has 0 saturated heterocycles. The molecule has 6 heteroatoms. The van der Waals surface area contributed by atoms with Crippen LogP contribution in [0.5, 0.6) is 0 Å². The molecule has 0 radical (unpaired) electrons. The van der Waals surface area contributed by atoms with Crippen LogP contribution in [0.25, 0.3) is 0 Å². The fourth-order valence-electron chi connectivity index (χ4n) is 1.48. The Hall–Kier alpha value is -1.17. The Kier molecular flexibility index (Phi) is 5.07. The van der Waals surface area contributed by atoms with Gasteiger partial charge < -0.3 is 14.9 Å². The molecule has 1 rings (SSSR count). The van der Waals surface area contributed by atoms with Gasteiger partial charge in [-0.2, -0.15) is 0 Å². The number of carbonyl (C=O) groups excluding carboxylic acids is 1. The Balaban J connectivity index is 2.93. The molecular weight excluding hydrogens is 263 g/mol. The summed E-state index contributed by atoms with van der Waals surface area (Å²) in [6.45, 7) is 1.46. The van der Waals surface area contributed by atoms with Crippen molar-refractivity contribution >= 4 is 17.6 Å². The first-order valence-electron chi connectivity index (χ1n) is 5.26. The molecule has 0 fully saturated rings. The fourth-order valence-corrected chi connectivity index (χ4v) is 1.75. The standard InChI is InChI=1S/C12H14ClFO4/c1-6-8(14)4-3-7(11(6)13)12(17)9(15)5-10(16)18-2/h3-4,9,12,15,17H,5H2,1-2H3. The summed E-state index contributed by atoms with van der Waals surface area (Å²) in [7, 11) is 1.18. The van der Waals surface area contributed by atoms with E-state index < -0.39 is 24.0 Å². The minimum Gasteiger partial charge on any atom is -0.469 e. The molecule has 0 aliphatic carbocycles. The lowest BCUT2D eigenvalue weighted by Crippen LogP contribution is -2.23. The highest BCUT2D eigenvalue weighted by atomic mass is 35.5. The topological polar surface area (TPSA) is 66.8 Å². The number of benzene rings is 1. The number of esters is 1. The van der Waals surface area contributed by atoms with Crippen LogP contribution in [0.1, 0.15) is 23.7 Å². The summed E-state index contributed by atoms with van der Waals surface area (Å²) >= 11 is 5.88. The maximum absolute atomic E-state index is 13.2. The Morgan fingerprint density at radius 3 is 2.67 bits per heavy atom. The molecular formula is C12H14ClFO4. The molecule has 1 aromatic rings. The van der Waals surface area contributed by atoms with E-state index in [1.165, 1.54) is 20.1 Å². The molecule has 0 spiro atoms. The largest absolute Gasteiger partial charge is 0.469 e. The van der Waals surface area contributed by atoms with Gasteiger partial charge in [-0.15, -0.1) is 0 Å². The van der Waals surface area contributed by atoms with Crippen LogP contribution in [0.15, 0.2) is 12.1 Å². The van der Waals surface area contributed by atoms with E-state index in [-0.39, 0.29) is 22.6 Å². The highest BCUT2D eigenvalue weighted by molar-refractivity contribution is 6.32. The predicted octanol–water partition coefficient (Wildman–Crippen LogP) is 1.74. The predicted molar refractivity (Wildman–Crippen MR) is 63.7 cm³/mol. The van der Waals surface area contributed by atoms with Gasteiger partial charge in [-0.05, 0) is 13.0 Å². The number of halogens is 2. The molecule has 4 nitrogen and oxygen atoms in total. The van der Waals surface area contributed by atoms with E-state index in [1.807, 2.05) is 0 Å². The van der Waals surface area contributed by atoms with Crippen LogP contribution in [-0.4, -0.2) is 29.4 Å². The number of hydrogen-bond donors (Lipinski definition) is 2. The van der Waals surface area contributed by atoms with E-state index in [1.54, 1.807) is 0 Å². The molecule has 18 heavy (non-hydrogen) atoms. The van der Waals surface area contributed by atoms with Gasteiger partial charge in [0.1, 0.15) is 11.9 Å². The van der Waals surface area contributed by atoms with E-state index in [0.29, 0.717) is 0 Å². The number of ether oxygens (including phenoxy) is 1. The average molecular weight is 277 g/mol. The zero-order chi connectivity index (χ0) is 13.9. The normalized spacial score (nSPS) is 14.1. The first kappa shape index (κ1) is 14.9. The molecule has 0 aliphatic heterocycles. The van der Waals surface area contributed by atoms with E-state index in [0.717, 1.165) is 6.07 Å². The summed E-state index contributed by atoms with van der Waals surface area (Å²) in [5.41, 5.74) is 0.352. The van der Waals surface area contributed by atoms with Crippen LogP contribution in [0.4, 0.5) is 4.39 Å². The van der Waals surface area contributed by atoms with Gasteiger partial charge in [-0.25, -0.2) is 4.39 Å². The SMILES string of the molecule is COC(=O)CC(O)C(O)c1ccc(F)c(C)c1Cl. The minimum absolute atomic E-state index is 0.0337. The van der Waals surface area contributed by atoms with Crippen LogP contribution in [-0.2, 0) is 9.53 Å². The molecule has 0 bridgehead atoms. The van der Waals surface area contributed by atoms with Crippen LogP contribution < -0.4 is 0 Å². The molecule has 0 aliphatic rings. The lowest BCUT2D eigenvalue weighted by Gasteiger charge is -2.19. The van der Waals surface area contributed by atoms with Crippen LogP contribution in [0.2, 0.25) is 5.02 Å². The van der Waals surface area contributed by atoms with Crippen molar-refractivity contribution < 1.29 is 24.1 Å². The van der Waals surface area contributed by atoms with E-state index >= 15 is 0 Å². The van der Waals surface area contributed by atoms with Crippen molar-refractivity contribution in [2.75, 3.05) is 7.11 Å². The highest BCUT2D eigenvalue weighted by Crippen LogP contribution is 2.30. The monoisotopic (exact) mass is 276 g/mol. The summed E-state index contributed by atoms with van der Waals surface area (Å²) < 4.78 is 17.6. The maximum atomic E-state index is 13.2. The molecule has 0 amide bonds. The third kappa shape index (κ3) is 3.19. The van der Waals surface area contributed by atoms with Crippen molar-refractivity contribution in [3.8, 4) is 0 Å². The van der Waals surface area contributed by atoms with Gasteiger partial charge in [-0.1, -0.05) is 17.7 Å². The third-order valence-electron chi connectivity index (χ3n) is 2.64. The number of aliphatic hydroxyl groups is 2. The lowest BCUT2D eigenvalue weighted by molar-refractivity contribution is -0.144. The van der Waals surface area contributed by atoms with Crippen molar-refractivity contribution in [1.82, 2.24) is 0 Å².